The van der Waals surface area contributed by atoms with E-state index in [-0.39, 0.29) is 0 Å². The van der Waals surface area contributed by atoms with Crippen molar-refractivity contribution in [2.45, 2.75) is 26.7 Å². The molecule has 2 nitrogen and oxygen atoms in total. The molecule has 1 heterocycles. The van der Waals surface area contributed by atoms with Crippen LogP contribution in [0, 0.1) is 12.9 Å². The number of fused-ring (bicyclic) bond motifs is 1. The van der Waals surface area contributed by atoms with Gasteiger partial charge in [0, 0.05) is 0 Å². The van der Waals surface area contributed by atoms with Crippen LogP contribution in [0.15, 0.2) is 12.1 Å². The van der Waals surface area contributed by atoms with Crippen LogP contribution in [0.5, 0.6) is 0 Å². The van der Waals surface area contributed by atoms with Crippen molar-refractivity contribution in [3.05, 3.63) is 29.2 Å². The Bertz CT molecular complexity index is 471. The van der Waals surface area contributed by atoms with Crippen molar-refractivity contribution in [2.24, 2.45) is 0 Å². The minimum Gasteiger partial charge on any atom is -0.275 e. The van der Waals surface area contributed by atoms with Gasteiger partial charge in [0.15, 0.2) is 0 Å². The molecule has 0 radical (unpaired) electrons. The number of aromatic amines is 1. The summed E-state index contributed by atoms with van der Waals surface area (Å²) in [5.41, 5.74) is 3.16. The van der Waals surface area contributed by atoms with Crippen LogP contribution in [-0.4, -0.2) is 10.2 Å². The van der Waals surface area contributed by atoms with E-state index in [9.17, 15) is 4.39 Å². The molecule has 1 aromatic carbocycles. The fourth-order valence-electron chi connectivity index (χ4n) is 1.93. The Morgan fingerprint density at radius 3 is 2.71 bits per heavy atom. The first-order valence-corrected chi connectivity index (χ1v) is 4.74. The first-order chi connectivity index (χ1) is 6.61. The minimum absolute atomic E-state index is 0.374. The Balaban J connectivity index is 2.83. The van der Waals surface area contributed by atoms with Crippen LogP contribution in [0.2, 0.25) is 0 Å². The maximum atomic E-state index is 13.2. The van der Waals surface area contributed by atoms with Gasteiger partial charge in [-0.3, -0.25) is 5.10 Å². The number of nitrogens with one attached hydrogen (secondary N) is 1. The average Bonchev–Trinajstić information content (AvgIpc) is 2.47. The van der Waals surface area contributed by atoms with Gasteiger partial charge in [0.1, 0.15) is 0 Å². The predicted molar refractivity (Wildman–Crippen MR) is 54.9 cm³/mol. The SMILES string of the molecule is Cc1ccc2c(F)n[nH]c2c1C(C)C. The fourth-order valence-corrected chi connectivity index (χ4v) is 1.93. The summed E-state index contributed by atoms with van der Waals surface area (Å²) in [5.74, 6) is -0.0413. The van der Waals surface area contributed by atoms with Crippen LogP contribution >= 0.6 is 0 Å². The lowest BCUT2D eigenvalue weighted by Gasteiger charge is -2.10. The van der Waals surface area contributed by atoms with E-state index < -0.39 is 5.95 Å². The Hall–Kier alpha value is -1.38. The van der Waals surface area contributed by atoms with Crippen molar-refractivity contribution in [1.82, 2.24) is 10.2 Å². The molecule has 0 spiro atoms. The van der Waals surface area contributed by atoms with E-state index in [2.05, 4.69) is 24.0 Å². The molecule has 3 heteroatoms. The van der Waals surface area contributed by atoms with Gasteiger partial charge in [0.2, 0.25) is 5.95 Å². The van der Waals surface area contributed by atoms with Gasteiger partial charge in [-0.2, -0.15) is 4.39 Å². The molecule has 0 saturated heterocycles. The first kappa shape index (κ1) is 9.19. The molecule has 14 heavy (non-hydrogen) atoms. The van der Waals surface area contributed by atoms with Gasteiger partial charge in [-0.05, 0) is 30.0 Å². The number of rotatable bonds is 1. The molecule has 0 aliphatic rings. The van der Waals surface area contributed by atoms with Crippen molar-refractivity contribution in [3.8, 4) is 0 Å². The Kier molecular flexibility index (Phi) is 2.02. The molecule has 1 N–H and O–H groups in total. The molecular weight excluding hydrogens is 179 g/mol. The third-order valence-corrected chi connectivity index (χ3v) is 2.53. The molecule has 74 valence electrons. The molecule has 0 bridgehead atoms. The van der Waals surface area contributed by atoms with E-state index in [1.807, 2.05) is 13.0 Å². The predicted octanol–water partition coefficient (Wildman–Crippen LogP) is 3.13. The molecule has 0 atom stereocenters. The van der Waals surface area contributed by atoms with Crippen molar-refractivity contribution in [1.29, 1.82) is 0 Å². The molecule has 0 saturated carbocycles. The smallest absolute Gasteiger partial charge is 0.240 e. The summed E-state index contributed by atoms with van der Waals surface area (Å²) < 4.78 is 13.2. The van der Waals surface area contributed by atoms with E-state index in [1.54, 1.807) is 6.07 Å². The van der Waals surface area contributed by atoms with Crippen molar-refractivity contribution < 1.29 is 4.39 Å². The zero-order valence-electron chi connectivity index (χ0n) is 8.56. The molecule has 0 fully saturated rings. The van der Waals surface area contributed by atoms with Gasteiger partial charge >= 0.3 is 0 Å². The molecule has 0 amide bonds. The van der Waals surface area contributed by atoms with Gasteiger partial charge in [-0.1, -0.05) is 19.9 Å². The third kappa shape index (κ3) is 1.20. The van der Waals surface area contributed by atoms with Gasteiger partial charge in [-0.25, -0.2) is 0 Å². The normalized spacial score (nSPS) is 11.5. The first-order valence-electron chi connectivity index (χ1n) is 4.74. The van der Waals surface area contributed by atoms with Crippen LogP contribution in [0.1, 0.15) is 30.9 Å². The average molecular weight is 192 g/mol. The zero-order valence-corrected chi connectivity index (χ0v) is 8.56. The summed E-state index contributed by atoms with van der Waals surface area (Å²) >= 11 is 0. The number of hydrogen-bond acceptors (Lipinski definition) is 1. The van der Waals surface area contributed by atoms with Crippen LogP contribution in [0.25, 0.3) is 10.9 Å². The topological polar surface area (TPSA) is 28.7 Å². The van der Waals surface area contributed by atoms with Gasteiger partial charge < -0.3 is 0 Å². The largest absolute Gasteiger partial charge is 0.275 e. The third-order valence-electron chi connectivity index (χ3n) is 2.53. The molecule has 0 unspecified atom stereocenters. The van der Waals surface area contributed by atoms with E-state index >= 15 is 0 Å². The number of H-pyrrole nitrogens is 1. The van der Waals surface area contributed by atoms with Crippen molar-refractivity contribution in [2.75, 3.05) is 0 Å². The Morgan fingerprint density at radius 2 is 2.07 bits per heavy atom. The lowest BCUT2D eigenvalue weighted by atomic mass is 9.96. The molecule has 0 aliphatic heterocycles. The summed E-state index contributed by atoms with van der Waals surface area (Å²) in [6.07, 6.45) is 0. The van der Waals surface area contributed by atoms with Crippen LogP contribution in [-0.2, 0) is 0 Å². The highest BCUT2D eigenvalue weighted by Gasteiger charge is 2.13. The second kappa shape index (κ2) is 3.08. The summed E-state index contributed by atoms with van der Waals surface area (Å²) in [6.45, 7) is 6.23. The number of halogens is 1. The Morgan fingerprint density at radius 1 is 1.36 bits per heavy atom. The van der Waals surface area contributed by atoms with E-state index in [4.69, 9.17) is 0 Å². The van der Waals surface area contributed by atoms with E-state index in [0.717, 1.165) is 11.1 Å². The summed E-state index contributed by atoms with van der Waals surface area (Å²) in [7, 11) is 0. The van der Waals surface area contributed by atoms with Crippen LogP contribution in [0.4, 0.5) is 4.39 Å². The maximum Gasteiger partial charge on any atom is 0.240 e. The number of hydrogen-bond donors (Lipinski definition) is 1. The molecule has 2 rings (SSSR count). The molecule has 2 aromatic rings. The number of aryl methyl sites for hydroxylation is 1. The minimum atomic E-state index is -0.415. The van der Waals surface area contributed by atoms with Gasteiger partial charge in [0.05, 0.1) is 10.9 Å². The molecular formula is C11H13FN2. The highest BCUT2D eigenvalue weighted by atomic mass is 19.1. The molecule has 0 aliphatic carbocycles. The van der Waals surface area contributed by atoms with Gasteiger partial charge in [0.25, 0.3) is 0 Å². The summed E-state index contributed by atoms with van der Waals surface area (Å²) in [4.78, 5) is 0. The van der Waals surface area contributed by atoms with E-state index in [0.29, 0.717) is 11.3 Å². The monoisotopic (exact) mass is 192 g/mol. The standard InChI is InChI=1S/C11H13FN2/c1-6(2)9-7(3)4-5-8-10(9)13-14-11(8)12/h4-6H,1-3H3,(H,13,14). The summed E-state index contributed by atoms with van der Waals surface area (Å²) in [5, 5.41) is 6.92. The lowest BCUT2D eigenvalue weighted by Crippen LogP contribution is -1.93. The van der Waals surface area contributed by atoms with Gasteiger partial charge in [-0.15, -0.1) is 5.10 Å². The number of benzene rings is 1. The maximum absolute atomic E-state index is 13.2. The van der Waals surface area contributed by atoms with E-state index in [1.165, 1.54) is 5.56 Å². The quantitative estimate of drug-likeness (QED) is 0.738. The Labute approximate surface area is 82.1 Å². The fraction of sp³-hybridized carbons (Fsp3) is 0.364. The van der Waals surface area contributed by atoms with Crippen molar-refractivity contribution in [3.63, 3.8) is 0 Å². The second-order valence-corrected chi connectivity index (χ2v) is 3.89. The van der Waals surface area contributed by atoms with Crippen LogP contribution < -0.4 is 0 Å². The number of nitrogens with zero attached hydrogens (tertiary/aromatic N) is 1. The highest BCUT2D eigenvalue weighted by Crippen LogP contribution is 2.27. The van der Waals surface area contributed by atoms with Crippen LogP contribution in [0.3, 0.4) is 0 Å². The van der Waals surface area contributed by atoms with Crippen molar-refractivity contribution >= 4 is 10.9 Å². The highest BCUT2D eigenvalue weighted by molar-refractivity contribution is 5.83. The summed E-state index contributed by atoms with van der Waals surface area (Å²) in [6, 6.07) is 3.71. The lowest BCUT2D eigenvalue weighted by molar-refractivity contribution is 0.588. The molecule has 1 aromatic heterocycles. The second-order valence-electron chi connectivity index (χ2n) is 3.89. The number of aromatic nitrogens is 2. The zero-order chi connectivity index (χ0) is 10.3.